The van der Waals surface area contributed by atoms with Crippen molar-refractivity contribution in [2.24, 2.45) is 0 Å². The Morgan fingerprint density at radius 2 is 1.92 bits per heavy atom. The lowest BCUT2D eigenvalue weighted by Crippen LogP contribution is -2.42. The van der Waals surface area contributed by atoms with Crippen molar-refractivity contribution in [3.63, 3.8) is 0 Å². The molecule has 4 heteroatoms. The Balaban J connectivity index is 2.69. The molecule has 1 heterocycles. The van der Waals surface area contributed by atoms with E-state index in [0.717, 1.165) is 35.7 Å². The molecule has 0 spiro atoms. The summed E-state index contributed by atoms with van der Waals surface area (Å²) in [5, 5.41) is 1.02. The third-order valence-electron chi connectivity index (χ3n) is 4.46. The molecule has 0 saturated heterocycles. The molecule has 2 rings (SSSR count). The number of ether oxygens (including phenoxy) is 1. The number of unbranched alkanes of at least 4 members (excludes halogenated alkanes) is 1. The third-order valence-corrected chi connectivity index (χ3v) is 4.46. The van der Waals surface area contributed by atoms with Gasteiger partial charge in [0.25, 0.3) is 0 Å². The largest absolute Gasteiger partial charge is 0.465 e. The lowest BCUT2D eigenvalue weighted by atomic mass is 9.79. The predicted octanol–water partition coefficient (Wildman–Crippen LogP) is 3.99. The minimum atomic E-state index is -1.37. The molecule has 0 bridgehead atoms. The van der Waals surface area contributed by atoms with E-state index in [4.69, 9.17) is 9.72 Å². The number of carbonyl (C=O) groups is 2. The fraction of sp³-hybridized carbons (Fsp3) is 0.450. The molecular weight excluding hydrogens is 302 g/mol. The topological polar surface area (TPSA) is 56.3 Å². The molecule has 0 aliphatic rings. The summed E-state index contributed by atoms with van der Waals surface area (Å²) in [6.07, 6.45) is 2.79. The molecule has 0 saturated carbocycles. The standard InChI is InChI=1S/C20H25NO3/c1-5-7-10-16-13-15-11-8-9-12-17(15)21-18(16)20(4,14(3)22)19(23)24-6-2/h8-9,11-13H,5-7,10H2,1-4H3. The number of benzene rings is 1. The summed E-state index contributed by atoms with van der Waals surface area (Å²) in [6, 6.07) is 9.81. The summed E-state index contributed by atoms with van der Waals surface area (Å²) in [5.41, 5.74) is 0.884. The Kier molecular flexibility index (Phi) is 5.71. The summed E-state index contributed by atoms with van der Waals surface area (Å²) in [4.78, 5) is 29.7. The number of hydrogen-bond donors (Lipinski definition) is 0. The van der Waals surface area contributed by atoms with Crippen LogP contribution in [-0.4, -0.2) is 23.3 Å². The number of esters is 1. The van der Waals surface area contributed by atoms with E-state index in [9.17, 15) is 9.59 Å². The van der Waals surface area contributed by atoms with E-state index in [0.29, 0.717) is 5.69 Å². The van der Waals surface area contributed by atoms with E-state index in [1.54, 1.807) is 13.8 Å². The Morgan fingerprint density at radius 1 is 1.21 bits per heavy atom. The second-order valence-electron chi connectivity index (χ2n) is 6.19. The number of nitrogens with zero attached hydrogens (tertiary/aromatic N) is 1. The highest BCUT2D eigenvalue weighted by Crippen LogP contribution is 2.31. The van der Waals surface area contributed by atoms with Crippen molar-refractivity contribution in [2.75, 3.05) is 6.61 Å². The first kappa shape index (κ1) is 18.1. The molecule has 0 N–H and O–H groups in total. The molecule has 0 aliphatic carbocycles. The molecule has 0 amide bonds. The number of aryl methyl sites for hydroxylation is 1. The number of fused-ring (bicyclic) bond motifs is 1. The summed E-state index contributed by atoms with van der Waals surface area (Å²) in [6.45, 7) is 7.14. The van der Waals surface area contributed by atoms with E-state index in [-0.39, 0.29) is 12.4 Å². The van der Waals surface area contributed by atoms with Gasteiger partial charge in [-0.2, -0.15) is 0 Å². The Labute approximate surface area is 143 Å². The maximum Gasteiger partial charge on any atom is 0.325 e. The molecule has 1 atom stereocenters. The molecule has 1 unspecified atom stereocenters. The summed E-state index contributed by atoms with van der Waals surface area (Å²) >= 11 is 0. The van der Waals surface area contributed by atoms with Crippen LogP contribution >= 0.6 is 0 Å². The quantitative estimate of drug-likeness (QED) is 0.570. The summed E-state index contributed by atoms with van der Waals surface area (Å²) in [5.74, 6) is -0.778. The van der Waals surface area contributed by atoms with Crippen molar-refractivity contribution in [1.29, 1.82) is 0 Å². The molecule has 24 heavy (non-hydrogen) atoms. The zero-order valence-corrected chi connectivity index (χ0v) is 14.9. The summed E-state index contributed by atoms with van der Waals surface area (Å²) in [7, 11) is 0. The maximum atomic E-state index is 12.6. The molecule has 0 radical (unpaired) electrons. The fourth-order valence-corrected chi connectivity index (χ4v) is 2.83. The third kappa shape index (κ3) is 3.32. The lowest BCUT2D eigenvalue weighted by Gasteiger charge is -2.26. The average Bonchev–Trinajstić information content (AvgIpc) is 2.58. The van der Waals surface area contributed by atoms with Crippen LogP contribution in [0.2, 0.25) is 0 Å². The number of rotatable bonds is 7. The van der Waals surface area contributed by atoms with Crippen molar-refractivity contribution >= 4 is 22.7 Å². The highest BCUT2D eigenvalue weighted by atomic mass is 16.5. The van der Waals surface area contributed by atoms with Crippen LogP contribution in [0.1, 0.15) is 51.8 Å². The minimum Gasteiger partial charge on any atom is -0.465 e. The Hall–Kier alpha value is -2.23. The van der Waals surface area contributed by atoms with Crippen LogP contribution in [0.3, 0.4) is 0 Å². The van der Waals surface area contributed by atoms with Gasteiger partial charge in [0.1, 0.15) is 0 Å². The molecule has 2 aromatic rings. The van der Waals surface area contributed by atoms with Crippen LogP contribution in [0.15, 0.2) is 30.3 Å². The number of pyridine rings is 1. The van der Waals surface area contributed by atoms with Crippen LogP contribution in [0.5, 0.6) is 0 Å². The number of aromatic nitrogens is 1. The van der Waals surface area contributed by atoms with E-state index in [1.165, 1.54) is 6.92 Å². The van der Waals surface area contributed by atoms with E-state index in [1.807, 2.05) is 30.3 Å². The van der Waals surface area contributed by atoms with Gasteiger partial charge in [-0.15, -0.1) is 0 Å². The fourth-order valence-electron chi connectivity index (χ4n) is 2.83. The molecular formula is C20H25NO3. The number of hydrogen-bond acceptors (Lipinski definition) is 4. The van der Waals surface area contributed by atoms with Gasteiger partial charge in [-0.3, -0.25) is 14.6 Å². The first-order valence-corrected chi connectivity index (χ1v) is 8.52. The van der Waals surface area contributed by atoms with Gasteiger partial charge >= 0.3 is 5.97 Å². The van der Waals surface area contributed by atoms with Crippen molar-refractivity contribution in [2.45, 2.75) is 52.4 Å². The average molecular weight is 327 g/mol. The van der Waals surface area contributed by atoms with Gasteiger partial charge in [0, 0.05) is 5.39 Å². The molecule has 0 fully saturated rings. The highest BCUT2D eigenvalue weighted by Gasteiger charge is 2.44. The normalized spacial score (nSPS) is 13.5. The van der Waals surface area contributed by atoms with Crippen LogP contribution in [-0.2, 0) is 26.2 Å². The smallest absolute Gasteiger partial charge is 0.325 e. The van der Waals surface area contributed by atoms with Crippen molar-refractivity contribution in [3.8, 4) is 0 Å². The lowest BCUT2D eigenvalue weighted by molar-refractivity contribution is -0.153. The zero-order valence-electron chi connectivity index (χ0n) is 14.9. The number of carbonyl (C=O) groups excluding carboxylic acids is 2. The van der Waals surface area contributed by atoms with Crippen LogP contribution in [0.25, 0.3) is 10.9 Å². The Morgan fingerprint density at radius 3 is 2.54 bits per heavy atom. The van der Waals surface area contributed by atoms with Gasteiger partial charge in [-0.25, -0.2) is 0 Å². The van der Waals surface area contributed by atoms with Gasteiger partial charge in [-0.05, 0) is 51.3 Å². The van der Waals surface area contributed by atoms with Gasteiger partial charge in [0.05, 0.1) is 17.8 Å². The van der Waals surface area contributed by atoms with Crippen molar-refractivity contribution < 1.29 is 14.3 Å². The molecule has 128 valence electrons. The van der Waals surface area contributed by atoms with Crippen LogP contribution in [0, 0.1) is 0 Å². The molecule has 0 aliphatic heterocycles. The first-order valence-electron chi connectivity index (χ1n) is 8.52. The molecule has 1 aromatic carbocycles. The minimum absolute atomic E-state index is 0.236. The number of ketones is 1. The predicted molar refractivity (Wildman–Crippen MR) is 95.0 cm³/mol. The van der Waals surface area contributed by atoms with Crippen molar-refractivity contribution in [3.05, 3.63) is 41.6 Å². The van der Waals surface area contributed by atoms with Gasteiger partial charge in [0.2, 0.25) is 0 Å². The zero-order chi connectivity index (χ0) is 17.7. The Bertz CT molecular complexity index is 754. The molecule has 1 aromatic heterocycles. The van der Waals surface area contributed by atoms with E-state index in [2.05, 4.69) is 6.92 Å². The first-order chi connectivity index (χ1) is 11.4. The van der Waals surface area contributed by atoms with Gasteiger partial charge in [0.15, 0.2) is 11.2 Å². The van der Waals surface area contributed by atoms with Crippen molar-refractivity contribution in [1.82, 2.24) is 4.98 Å². The summed E-state index contributed by atoms with van der Waals surface area (Å²) < 4.78 is 5.19. The number of Topliss-reactive ketones (excluding diaryl/α,β-unsaturated/α-hetero) is 1. The van der Waals surface area contributed by atoms with Gasteiger partial charge < -0.3 is 4.74 Å². The monoisotopic (exact) mass is 327 g/mol. The second kappa shape index (κ2) is 7.56. The van der Waals surface area contributed by atoms with E-state index >= 15 is 0 Å². The number of para-hydroxylation sites is 1. The van der Waals surface area contributed by atoms with Crippen LogP contribution in [0.4, 0.5) is 0 Å². The molecule has 4 nitrogen and oxygen atoms in total. The second-order valence-corrected chi connectivity index (χ2v) is 6.19. The maximum absolute atomic E-state index is 12.6. The SMILES string of the molecule is CCCCc1cc2ccccc2nc1C(C)(C(C)=O)C(=O)OCC. The van der Waals surface area contributed by atoms with Gasteiger partial charge in [-0.1, -0.05) is 31.5 Å². The van der Waals surface area contributed by atoms with E-state index < -0.39 is 11.4 Å². The highest BCUT2D eigenvalue weighted by molar-refractivity contribution is 6.08. The van der Waals surface area contributed by atoms with Crippen LogP contribution < -0.4 is 0 Å².